The number of anilines is 2. The molecule has 0 saturated carbocycles. The molecule has 1 aromatic heterocycles. The van der Waals surface area contributed by atoms with Crippen molar-refractivity contribution in [2.24, 2.45) is 0 Å². The van der Waals surface area contributed by atoms with E-state index in [1.54, 1.807) is 6.07 Å². The summed E-state index contributed by atoms with van der Waals surface area (Å²) in [5, 5.41) is 9.86. The first-order valence-electron chi connectivity index (χ1n) is 11.1. The minimum absolute atomic E-state index is 0.363. The van der Waals surface area contributed by atoms with Gasteiger partial charge in [0.15, 0.2) is 0 Å². The summed E-state index contributed by atoms with van der Waals surface area (Å²) in [5.74, 6) is -1.30. The van der Waals surface area contributed by atoms with E-state index < -0.39 is 11.6 Å². The molecule has 4 aromatic rings. The number of benzene rings is 3. The zero-order valence-corrected chi connectivity index (χ0v) is 19.1. The van der Waals surface area contributed by atoms with Crippen LogP contribution in [0.2, 0.25) is 0 Å². The van der Waals surface area contributed by atoms with Gasteiger partial charge in [-0.2, -0.15) is 0 Å². The van der Waals surface area contributed by atoms with Gasteiger partial charge in [0.05, 0.1) is 0 Å². The summed E-state index contributed by atoms with van der Waals surface area (Å²) >= 11 is 0. The Balaban J connectivity index is 1.73. The highest BCUT2D eigenvalue weighted by molar-refractivity contribution is 5.94. The first-order chi connectivity index (χ1) is 16.4. The number of nitrogens with two attached hydrogens (primary N) is 1. The third-order valence-electron chi connectivity index (χ3n) is 5.83. The number of hydrogen-bond acceptors (Lipinski definition) is 5. The lowest BCUT2D eigenvalue weighted by atomic mass is 10.0. The van der Waals surface area contributed by atoms with Gasteiger partial charge in [-0.3, -0.25) is 0 Å². The molecule has 6 nitrogen and oxygen atoms in total. The van der Waals surface area contributed by atoms with Crippen LogP contribution in [0.4, 0.5) is 11.4 Å². The normalized spacial score (nSPS) is 11.2. The minimum atomic E-state index is -1.30. The van der Waals surface area contributed by atoms with Crippen LogP contribution in [-0.2, 0) is 0 Å². The van der Waals surface area contributed by atoms with Gasteiger partial charge in [-0.25, -0.2) is 9.59 Å². The van der Waals surface area contributed by atoms with Crippen molar-refractivity contribution in [2.75, 3.05) is 23.7 Å². The maximum Gasteiger partial charge on any atom is 0.351 e. The van der Waals surface area contributed by atoms with Crippen LogP contribution in [-0.4, -0.2) is 24.2 Å². The van der Waals surface area contributed by atoms with Crippen LogP contribution in [0.3, 0.4) is 0 Å². The summed E-state index contributed by atoms with van der Waals surface area (Å²) in [4.78, 5) is 25.6. The monoisotopic (exact) mass is 454 g/mol. The molecule has 0 fully saturated rings. The summed E-state index contributed by atoms with van der Waals surface area (Å²) in [5.41, 5.74) is 10.7. The number of rotatable bonds is 7. The van der Waals surface area contributed by atoms with Gasteiger partial charge in [0.25, 0.3) is 0 Å². The van der Waals surface area contributed by atoms with Gasteiger partial charge in [0.2, 0.25) is 0 Å². The van der Waals surface area contributed by atoms with Crippen molar-refractivity contribution >= 4 is 40.5 Å². The topological polar surface area (TPSA) is 96.8 Å². The molecule has 0 spiro atoms. The van der Waals surface area contributed by atoms with E-state index in [0.29, 0.717) is 11.0 Å². The highest BCUT2D eigenvalue weighted by atomic mass is 16.4. The van der Waals surface area contributed by atoms with E-state index in [2.05, 4.69) is 30.9 Å². The molecule has 0 aliphatic heterocycles. The van der Waals surface area contributed by atoms with Gasteiger partial charge in [-0.05, 0) is 60.4 Å². The summed E-state index contributed by atoms with van der Waals surface area (Å²) in [7, 11) is 0. The number of carboxylic acid groups (broad SMARTS) is 1. The SMILES string of the molecule is CCN(CC)c1cc2oc(=O)c(C(=O)O)cc2cc1/C=C/c1ccc(-c2ccc(N)cc2)cc1. The average Bonchev–Trinajstić information content (AvgIpc) is 2.84. The molecule has 0 aliphatic carbocycles. The standard InChI is InChI=1S/C28H26N2O4/c1-3-30(4-2)25-17-26-22(16-24(27(31)32)28(33)34-26)15-21(25)10-7-18-5-8-19(9-6-18)20-11-13-23(29)14-12-20/h5-17H,3-4,29H2,1-2H3,(H,31,32)/b10-7+. The van der Waals surface area contributed by atoms with Gasteiger partial charge in [-0.1, -0.05) is 48.6 Å². The summed E-state index contributed by atoms with van der Waals surface area (Å²) in [6.45, 7) is 5.66. The molecule has 0 saturated heterocycles. The molecule has 3 N–H and O–H groups in total. The number of nitrogen functional groups attached to an aromatic ring is 1. The Morgan fingerprint density at radius 3 is 2.15 bits per heavy atom. The van der Waals surface area contributed by atoms with E-state index in [9.17, 15) is 14.7 Å². The largest absolute Gasteiger partial charge is 0.477 e. The van der Waals surface area contributed by atoms with Crippen molar-refractivity contribution in [3.8, 4) is 11.1 Å². The Morgan fingerprint density at radius 2 is 1.56 bits per heavy atom. The molecular formula is C28H26N2O4. The Bertz CT molecular complexity index is 1410. The van der Waals surface area contributed by atoms with Crippen LogP contribution in [0.25, 0.3) is 34.2 Å². The molecule has 0 aliphatic rings. The fraction of sp³-hybridized carbons (Fsp3) is 0.143. The molecule has 34 heavy (non-hydrogen) atoms. The maximum absolute atomic E-state index is 12.1. The lowest BCUT2D eigenvalue weighted by molar-refractivity contribution is 0.0692. The smallest absolute Gasteiger partial charge is 0.351 e. The number of fused-ring (bicyclic) bond motifs is 1. The number of nitrogens with zero attached hydrogens (tertiary/aromatic N) is 1. The number of carboxylic acids is 1. The van der Waals surface area contributed by atoms with Crippen molar-refractivity contribution in [1.82, 2.24) is 0 Å². The van der Waals surface area contributed by atoms with Crippen molar-refractivity contribution in [1.29, 1.82) is 0 Å². The second kappa shape index (κ2) is 9.67. The van der Waals surface area contributed by atoms with E-state index in [-0.39, 0.29) is 5.56 Å². The minimum Gasteiger partial charge on any atom is -0.477 e. The predicted octanol–water partition coefficient (Wildman–Crippen LogP) is 5.76. The summed E-state index contributed by atoms with van der Waals surface area (Å²) in [6.07, 6.45) is 4.01. The zero-order valence-electron chi connectivity index (χ0n) is 19.1. The van der Waals surface area contributed by atoms with Crippen LogP contribution in [0.1, 0.15) is 35.3 Å². The highest BCUT2D eigenvalue weighted by Gasteiger charge is 2.15. The lowest BCUT2D eigenvalue weighted by Gasteiger charge is -2.23. The number of carbonyl (C=O) groups is 1. The lowest BCUT2D eigenvalue weighted by Crippen LogP contribution is -2.22. The van der Waals surface area contributed by atoms with E-state index in [1.807, 2.05) is 54.6 Å². The molecule has 1 heterocycles. The fourth-order valence-electron chi connectivity index (χ4n) is 3.94. The predicted molar refractivity (Wildman–Crippen MR) is 138 cm³/mol. The number of hydrogen-bond donors (Lipinski definition) is 2. The highest BCUT2D eigenvalue weighted by Crippen LogP contribution is 2.29. The second-order valence-corrected chi connectivity index (χ2v) is 7.95. The number of aromatic carboxylic acids is 1. The Hall–Kier alpha value is -4.32. The van der Waals surface area contributed by atoms with Crippen LogP contribution >= 0.6 is 0 Å². The van der Waals surface area contributed by atoms with Gasteiger partial charge >= 0.3 is 11.6 Å². The van der Waals surface area contributed by atoms with Crippen LogP contribution in [0.5, 0.6) is 0 Å². The van der Waals surface area contributed by atoms with Crippen molar-refractivity contribution in [3.05, 3.63) is 93.8 Å². The van der Waals surface area contributed by atoms with Crippen molar-refractivity contribution in [2.45, 2.75) is 13.8 Å². The summed E-state index contributed by atoms with van der Waals surface area (Å²) in [6, 6.07) is 21.0. The molecule has 0 amide bonds. The quantitative estimate of drug-likeness (QED) is 0.209. The maximum atomic E-state index is 12.1. The van der Waals surface area contributed by atoms with Gasteiger partial charge in [0, 0.05) is 35.9 Å². The van der Waals surface area contributed by atoms with Crippen LogP contribution < -0.4 is 16.3 Å². The van der Waals surface area contributed by atoms with Crippen LogP contribution in [0, 0.1) is 0 Å². The fourth-order valence-corrected chi connectivity index (χ4v) is 3.94. The van der Waals surface area contributed by atoms with E-state index in [1.165, 1.54) is 6.07 Å². The van der Waals surface area contributed by atoms with E-state index in [4.69, 9.17) is 10.2 Å². The Kier molecular flexibility index (Phi) is 6.50. The van der Waals surface area contributed by atoms with Gasteiger partial charge in [0.1, 0.15) is 11.1 Å². The van der Waals surface area contributed by atoms with E-state index >= 15 is 0 Å². The molecule has 0 unspecified atom stereocenters. The van der Waals surface area contributed by atoms with E-state index in [0.717, 1.165) is 46.7 Å². The Labute approximate surface area is 197 Å². The van der Waals surface area contributed by atoms with Crippen LogP contribution in [0.15, 0.2) is 75.9 Å². The van der Waals surface area contributed by atoms with Gasteiger partial charge in [-0.15, -0.1) is 0 Å². The third kappa shape index (κ3) is 4.71. The molecule has 0 atom stereocenters. The average molecular weight is 455 g/mol. The van der Waals surface area contributed by atoms with Crippen molar-refractivity contribution < 1.29 is 14.3 Å². The third-order valence-corrected chi connectivity index (χ3v) is 5.83. The molecular weight excluding hydrogens is 428 g/mol. The van der Waals surface area contributed by atoms with Gasteiger partial charge < -0.3 is 20.2 Å². The Morgan fingerprint density at radius 1 is 0.941 bits per heavy atom. The summed E-state index contributed by atoms with van der Waals surface area (Å²) < 4.78 is 5.32. The second-order valence-electron chi connectivity index (χ2n) is 7.95. The first kappa shape index (κ1) is 22.9. The molecule has 4 rings (SSSR count). The zero-order chi connectivity index (χ0) is 24.2. The molecule has 3 aromatic carbocycles. The molecule has 172 valence electrons. The molecule has 0 radical (unpaired) electrons. The molecule has 0 bridgehead atoms. The first-order valence-corrected chi connectivity index (χ1v) is 11.1. The van der Waals surface area contributed by atoms with Crippen molar-refractivity contribution in [3.63, 3.8) is 0 Å². The molecule has 6 heteroatoms.